The zero-order chi connectivity index (χ0) is 10.1. The third-order valence-corrected chi connectivity index (χ3v) is 1.68. The lowest BCUT2D eigenvalue weighted by atomic mass is 10.3. The Bertz CT molecular complexity index is 154. The largest absolute Gasteiger partial charge is 0.376 e. The highest BCUT2D eigenvalue weighted by molar-refractivity contribution is 5.90. The van der Waals surface area contributed by atoms with E-state index in [1.54, 1.807) is 0 Å². The zero-order valence-corrected chi connectivity index (χ0v) is 8.41. The van der Waals surface area contributed by atoms with Gasteiger partial charge < -0.3 is 9.47 Å². The molecule has 0 saturated heterocycles. The van der Waals surface area contributed by atoms with Crippen molar-refractivity contribution >= 4 is 5.78 Å². The zero-order valence-electron chi connectivity index (χ0n) is 8.41. The Labute approximate surface area is 79.7 Å². The van der Waals surface area contributed by atoms with Crippen molar-refractivity contribution in [3.63, 3.8) is 0 Å². The highest BCUT2D eigenvalue weighted by Gasteiger charge is 1.98. The third kappa shape index (κ3) is 7.68. The van der Waals surface area contributed by atoms with Crippen molar-refractivity contribution in [1.82, 2.24) is 0 Å². The minimum absolute atomic E-state index is 0.0939. The second-order valence-electron chi connectivity index (χ2n) is 2.81. The smallest absolute Gasteiger partial charge is 0.180 e. The van der Waals surface area contributed by atoms with Crippen LogP contribution in [0.2, 0.25) is 0 Å². The molecule has 0 rings (SSSR count). The molecule has 1 unspecified atom stereocenters. The molecule has 0 aliphatic heterocycles. The summed E-state index contributed by atoms with van der Waals surface area (Å²) in [6, 6.07) is 0. The predicted octanol–water partition coefficient (Wildman–Crippen LogP) is 1.57. The minimum Gasteiger partial charge on any atom is -0.376 e. The molecule has 0 spiro atoms. The molecule has 0 amide bonds. The monoisotopic (exact) mass is 186 g/mol. The summed E-state index contributed by atoms with van der Waals surface area (Å²) >= 11 is 0. The number of rotatable bonds is 8. The molecule has 0 saturated carbocycles. The fourth-order valence-corrected chi connectivity index (χ4v) is 0.658. The molecule has 76 valence electrons. The predicted molar refractivity (Wildman–Crippen MR) is 51.7 cm³/mol. The molecule has 0 aliphatic carbocycles. The summed E-state index contributed by atoms with van der Waals surface area (Å²) in [5.41, 5.74) is 0. The van der Waals surface area contributed by atoms with Crippen LogP contribution in [0, 0.1) is 0 Å². The number of carbonyl (C=O) groups is 1. The van der Waals surface area contributed by atoms with Gasteiger partial charge in [-0.05, 0) is 19.4 Å². The van der Waals surface area contributed by atoms with Gasteiger partial charge in [-0.25, -0.2) is 0 Å². The van der Waals surface area contributed by atoms with Gasteiger partial charge >= 0.3 is 0 Å². The molecular formula is C10H18O3. The van der Waals surface area contributed by atoms with Gasteiger partial charge in [-0.15, -0.1) is 0 Å². The molecule has 0 aliphatic rings. The molecule has 3 heteroatoms. The summed E-state index contributed by atoms with van der Waals surface area (Å²) < 4.78 is 10.4. The second-order valence-corrected chi connectivity index (χ2v) is 2.81. The number of hydrogen-bond donors (Lipinski definition) is 0. The van der Waals surface area contributed by atoms with Crippen LogP contribution in [-0.2, 0) is 14.3 Å². The average Bonchev–Trinajstić information content (AvgIpc) is 2.16. The van der Waals surface area contributed by atoms with E-state index in [-0.39, 0.29) is 18.5 Å². The van der Waals surface area contributed by atoms with E-state index < -0.39 is 0 Å². The van der Waals surface area contributed by atoms with Crippen molar-refractivity contribution in [2.75, 3.05) is 19.8 Å². The van der Waals surface area contributed by atoms with Crippen molar-refractivity contribution in [3.8, 4) is 0 Å². The molecule has 0 aromatic rings. The van der Waals surface area contributed by atoms with Crippen LogP contribution in [0.25, 0.3) is 0 Å². The van der Waals surface area contributed by atoms with Gasteiger partial charge in [0.2, 0.25) is 0 Å². The molecule has 0 aromatic heterocycles. The summed E-state index contributed by atoms with van der Waals surface area (Å²) in [7, 11) is 0. The first kappa shape index (κ1) is 12.3. The normalized spacial score (nSPS) is 12.5. The molecule has 13 heavy (non-hydrogen) atoms. The van der Waals surface area contributed by atoms with Crippen molar-refractivity contribution in [2.45, 2.75) is 26.4 Å². The topological polar surface area (TPSA) is 35.5 Å². The van der Waals surface area contributed by atoms with Crippen molar-refractivity contribution in [3.05, 3.63) is 12.7 Å². The fraction of sp³-hybridized carbons (Fsp3) is 0.700. The highest BCUT2D eigenvalue weighted by Crippen LogP contribution is 1.94. The first-order chi connectivity index (χ1) is 6.20. The lowest BCUT2D eigenvalue weighted by Crippen LogP contribution is -2.14. The van der Waals surface area contributed by atoms with Crippen LogP contribution < -0.4 is 0 Å². The van der Waals surface area contributed by atoms with Gasteiger partial charge in [0.05, 0.1) is 19.3 Å². The number of hydrogen-bond acceptors (Lipinski definition) is 3. The van der Waals surface area contributed by atoms with E-state index >= 15 is 0 Å². The van der Waals surface area contributed by atoms with Gasteiger partial charge in [-0.3, -0.25) is 4.79 Å². The van der Waals surface area contributed by atoms with E-state index in [4.69, 9.17) is 9.47 Å². The Morgan fingerprint density at radius 2 is 2.23 bits per heavy atom. The Balaban J connectivity index is 3.17. The average molecular weight is 186 g/mol. The van der Waals surface area contributed by atoms with Gasteiger partial charge in [0.15, 0.2) is 5.78 Å². The summed E-state index contributed by atoms with van der Waals surface area (Å²) in [5.74, 6) is -0.0939. The lowest BCUT2D eigenvalue weighted by molar-refractivity contribution is -0.119. The van der Waals surface area contributed by atoms with Crippen LogP contribution in [0.3, 0.4) is 0 Å². The Kier molecular flexibility index (Phi) is 7.54. The molecular weight excluding hydrogens is 168 g/mol. The SMILES string of the molecule is C=CC(=O)COCCOC(C)CC. The summed E-state index contributed by atoms with van der Waals surface area (Å²) in [5, 5.41) is 0. The van der Waals surface area contributed by atoms with Gasteiger partial charge in [0, 0.05) is 0 Å². The standard InChI is InChI=1S/C10H18O3/c1-4-9(3)13-7-6-12-8-10(11)5-2/h5,9H,2,4,6-8H2,1,3H3. The van der Waals surface area contributed by atoms with E-state index in [2.05, 4.69) is 13.5 Å². The molecule has 0 bridgehead atoms. The van der Waals surface area contributed by atoms with Crippen LogP contribution in [0.15, 0.2) is 12.7 Å². The number of ether oxygens (including phenoxy) is 2. The molecule has 0 aromatic carbocycles. The van der Waals surface area contributed by atoms with Crippen LogP contribution in [0.4, 0.5) is 0 Å². The molecule has 0 radical (unpaired) electrons. The summed E-state index contributed by atoms with van der Waals surface area (Å²) in [6.45, 7) is 8.52. The van der Waals surface area contributed by atoms with Crippen LogP contribution >= 0.6 is 0 Å². The maximum absolute atomic E-state index is 10.7. The lowest BCUT2D eigenvalue weighted by Gasteiger charge is -2.09. The van der Waals surface area contributed by atoms with E-state index in [0.717, 1.165) is 6.42 Å². The third-order valence-electron chi connectivity index (χ3n) is 1.68. The summed E-state index contributed by atoms with van der Waals surface area (Å²) in [4.78, 5) is 10.7. The maximum Gasteiger partial charge on any atom is 0.180 e. The van der Waals surface area contributed by atoms with E-state index in [0.29, 0.717) is 13.2 Å². The molecule has 0 fully saturated rings. The Morgan fingerprint density at radius 3 is 2.77 bits per heavy atom. The maximum atomic E-state index is 10.7. The van der Waals surface area contributed by atoms with Gasteiger partial charge in [0.25, 0.3) is 0 Å². The molecule has 1 atom stereocenters. The quantitative estimate of drug-likeness (QED) is 0.426. The molecule has 0 N–H and O–H groups in total. The van der Waals surface area contributed by atoms with Crippen LogP contribution in [-0.4, -0.2) is 31.7 Å². The van der Waals surface area contributed by atoms with E-state index in [1.807, 2.05) is 6.92 Å². The van der Waals surface area contributed by atoms with Crippen molar-refractivity contribution in [2.24, 2.45) is 0 Å². The van der Waals surface area contributed by atoms with Crippen LogP contribution in [0.5, 0.6) is 0 Å². The Hall–Kier alpha value is -0.670. The Morgan fingerprint density at radius 1 is 1.54 bits per heavy atom. The van der Waals surface area contributed by atoms with Gasteiger partial charge in [-0.1, -0.05) is 13.5 Å². The van der Waals surface area contributed by atoms with Crippen molar-refractivity contribution < 1.29 is 14.3 Å². The van der Waals surface area contributed by atoms with E-state index in [9.17, 15) is 4.79 Å². The number of ketones is 1. The number of carbonyl (C=O) groups excluding carboxylic acids is 1. The van der Waals surface area contributed by atoms with Crippen molar-refractivity contribution in [1.29, 1.82) is 0 Å². The van der Waals surface area contributed by atoms with Gasteiger partial charge in [-0.2, -0.15) is 0 Å². The first-order valence-corrected chi connectivity index (χ1v) is 4.55. The first-order valence-electron chi connectivity index (χ1n) is 4.55. The molecule has 0 heterocycles. The summed E-state index contributed by atoms with van der Waals surface area (Å²) in [6.07, 6.45) is 2.51. The second kappa shape index (κ2) is 7.95. The molecule has 3 nitrogen and oxygen atoms in total. The fourth-order valence-electron chi connectivity index (χ4n) is 0.658. The van der Waals surface area contributed by atoms with E-state index in [1.165, 1.54) is 6.08 Å². The highest BCUT2D eigenvalue weighted by atomic mass is 16.5. The minimum atomic E-state index is -0.0939. The van der Waals surface area contributed by atoms with Crippen LogP contribution in [0.1, 0.15) is 20.3 Å². The van der Waals surface area contributed by atoms with Gasteiger partial charge in [0.1, 0.15) is 6.61 Å².